The minimum Gasteiger partial charge on any atom is -0.342 e. The van der Waals surface area contributed by atoms with Gasteiger partial charge in [0.15, 0.2) is 0 Å². The molecule has 0 radical (unpaired) electrons. The number of nitrogens with zero attached hydrogens (tertiary/aromatic N) is 2. The molecule has 3 nitrogen and oxygen atoms in total. The lowest BCUT2D eigenvalue weighted by Crippen LogP contribution is -2.42. The Balaban J connectivity index is 1.46. The molecule has 0 spiro atoms. The average molecular weight is 383 g/mol. The summed E-state index contributed by atoms with van der Waals surface area (Å²) in [7, 11) is 0. The Kier molecular flexibility index (Phi) is 5.77. The Labute approximate surface area is 166 Å². The SMILES string of the molecule is O=C(C1CCCC1)N1CCC[C@@H](c2cccc(Cc3ccccc3Cl)n2)C1. The monoisotopic (exact) mass is 382 g/mol. The highest BCUT2D eigenvalue weighted by atomic mass is 35.5. The third-order valence-electron chi connectivity index (χ3n) is 6.01. The van der Waals surface area contributed by atoms with E-state index < -0.39 is 0 Å². The highest BCUT2D eigenvalue weighted by molar-refractivity contribution is 6.31. The Bertz CT molecular complexity index is 800. The lowest BCUT2D eigenvalue weighted by atomic mass is 9.92. The van der Waals surface area contributed by atoms with Crippen LogP contribution in [-0.4, -0.2) is 28.9 Å². The Morgan fingerprint density at radius 2 is 1.85 bits per heavy atom. The zero-order chi connectivity index (χ0) is 18.6. The molecule has 1 atom stereocenters. The zero-order valence-corrected chi connectivity index (χ0v) is 16.5. The van der Waals surface area contributed by atoms with Crippen LogP contribution in [0.4, 0.5) is 0 Å². The molecule has 4 heteroatoms. The van der Waals surface area contributed by atoms with E-state index in [1.165, 1.54) is 12.8 Å². The zero-order valence-electron chi connectivity index (χ0n) is 15.7. The van der Waals surface area contributed by atoms with E-state index in [4.69, 9.17) is 16.6 Å². The van der Waals surface area contributed by atoms with Gasteiger partial charge in [0, 0.05) is 47.8 Å². The number of pyridine rings is 1. The van der Waals surface area contributed by atoms with Crippen LogP contribution in [0, 0.1) is 5.92 Å². The summed E-state index contributed by atoms with van der Waals surface area (Å²) >= 11 is 6.31. The largest absolute Gasteiger partial charge is 0.342 e. The first-order chi connectivity index (χ1) is 13.2. The summed E-state index contributed by atoms with van der Waals surface area (Å²) in [6, 6.07) is 14.2. The number of carbonyl (C=O) groups is 1. The van der Waals surface area contributed by atoms with E-state index in [1.54, 1.807) is 0 Å². The molecule has 0 unspecified atom stereocenters. The lowest BCUT2D eigenvalue weighted by molar-refractivity contribution is -0.136. The molecule has 27 heavy (non-hydrogen) atoms. The molecule has 0 bridgehead atoms. The fraction of sp³-hybridized carbons (Fsp3) is 0.478. The second-order valence-corrected chi connectivity index (χ2v) is 8.33. The van der Waals surface area contributed by atoms with Gasteiger partial charge in [-0.3, -0.25) is 9.78 Å². The van der Waals surface area contributed by atoms with Crippen LogP contribution in [0.2, 0.25) is 5.02 Å². The molecule has 1 aliphatic carbocycles. The molecule has 1 aromatic heterocycles. The number of amides is 1. The van der Waals surface area contributed by atoms with E-state index in [0.29, 0.717) is 11.8 Å². The van der Waals surface area contributed by atoms with Crippen molar-refractivity contribution in [1.82, 2.24) is 9.88 Å². The van der Waals surface area contributed by atoms with Gasteiger partial charge in [-0.1, -0.05) is 48.7 Å². The minimum absolute atomic E-state index is 0.267. The predicted molar refractivity (Wildman–Crippen MR) is 109 cm³/mol. The number of aromatic nitrogens is 1. The van der Waals surface area contributed by atoms with E-state index in [1.807, 2.05) is 18.2 Å². The summed E-state index contributed by atoms with van der Waals surface area (Å²) in [5.74, 6) is 0.989. The van der Waals surface area contributed by atoms with Gasteiger partial charge >= 0.3 is 0 Å². The van der Waals surface area contributed by atoms with Crippen molar-refractivity contribution in [3.8, 4) is 0 Å². The normalized spacial score (nSPS) is 20.8. The topological polar surface area (TPSA) is 33.2 Å². The minimum atomic E-state index is 0.267. The molecule has 1 amide bonds. The van der Waals surface area contributed by atoms with Crippen molar-refractivity contribution in [2.45, 2.75) is 50.9 Å². The highest BCUT2D eigenvalue weighted by Crippen LogP contribution is 2.31. The predicted octanol–water partition coefficient (Wildman–Crippen LogP) is 5.22. The van der Waals surface area contributed by atoms with Crippen molar-refractivity contribution in [3.63, 3.8) is 0 Å². The maximum Gasteiger partial charge on any atom is 0.225 e. The van der Waals surface area contributed by atoms with Crippen molar-refractivity contribution in [2.75, 3.05) is 13.1 Å². The molecule has 2 aliphatic rings. The summed E-state index contributed by atoms with van der Waals surface area (Å²) in [5, 5.41) is 0.788. The van der Waals surface area contributed by atoms with E-state index in [9.17, 15) is 4.79 Å². The third-order valence-corrected chi connectivity index (χ3v) is 6.38. The summed E-state index contributed by atoms with van der Waals surface area (Å²) in [4.78, 5) is 19.8. The van der Waals surface area contributed by atoms with E-state index in [0.717, 1.165) is 67.2 Å². The van der Waals surface area contributed by atoms with Gasteiger partial charge in [0.25, 0.3) is 0 Å². The summed E-state index contributed by atoms with van der Waals surface area (Å²) < 4.78 is 0. The molecule has 1 saturated heterocycles. The maximum atomic E-state index is 12.8. The first kappa shape index (κ1) is 18.5. The van der Waals surface area contributed by atoms with Crippen molar-refractivity contribution >= 4 is 17.5 Å². The smallest absolute Gasteiger partial charge is 0.225 e. The molecule has 2 aromatic rings. The summed E-state index contributed by atoms with van der Waals surface area (Å²) in [6.07, 6.45) is 7.48. The number of piperidine rings is 1. The number of halogens is 1. The van der Waals surface area contributed by atoms with Crippen LogP contribution >= 0.6 is 11.6 Å². The van der Waals surface area contributed by atoms with Crippen LogP contribution in [0.1, 0.15) is 61.4 Å². The highest BCUT2D eigenvalue weighted by Gasteiger charge is 2.31. The van der Waals surface area contributed by atoms with Crippen LogP contribution < -0.4 is 0 Å². The van der Waals surface area contributed by atoms with Gasteiger partial charge in [-0.25, -0.2) is 0 Å². The van der Waals surface area contributed by atoms with E-state index in [2.05, 4.69) is 29.2 Å². The van der Waals surface area contributed by atoms with Gasteiger partial charge < -0.3 is 4.90 Å². The first-order valence-corrected chi connectivity index (χ1v) is 10.6. The number of likely N-dealkylation sites (tertiary alicyclic amines) is 1. The average Bonchev–Trinajstić information content (AvgIpc) is 3.24. The molecular formula is C23H27ClN2O. The molecule has 142 valence electrons. The number of rotatable bonds is 4. The molecule has 2 heterocycles. The quantitative estimate of drug-likeness (QED) is 0.726. The van der Waals surface area contributed by atoms with Gasteiger partial charge in [0.1, 0.15) is 0 Å². The van der Waals surface area contributed by atoms with Crippen molar-refractivity contribution < 1.29 is 4.79 Å². The van der Waals surface area contributed by atoms with Crippen LogP contribution in [0.3, 0.4) is 0 Å². The van der Waals surface area contributed by atoms with Crippen molar-refractivity contribution in [1.29, 1.82) is 0 Å². The van der Waals surface area contributed by atoms with Crippen LogP contribution in [-0.2, 0) is 11.2 Å². The molecule has 0 N–H and O–H groups in total. The van der Waals surface area contributed by atoms with Crippen molar-refractivity contribution in [3.05, 3.63) is 64.4 Å². The third kappa shape index (κ3) is 4.35. The van der Waals surface area contributed by atoms with E-state index in [-0.39, 0.29) is 5.92 Å². The van der Waals surface area contributed by atoms with Gasteiger partial charge in [0.05, 0.1) is 0 Å². The maximum absolute atomic E-state index is 12.8. The number of hydrogen-bond donors (Lipinski definition) is 0. The fourth-order valence-electron chi connectivity index (χ4n) is 4.51. The number of carbonyl (C=O) groups excluding carboxylic acids is 1. The molecule has 1 aromatic carbocycles. The molecular weight excluding hydrogens is 356 g/mol. The fourth-order valence-corrected chi connectivity index (χ4v) is 4.71. The molecule has 1 aliphatic heterocycles. The van der Waals surface area contributed by atoms with Crippen LogP contribution in [0.15, 0.2) is 42.5 Å². The van der Waals surface area contributed by atoms with Crippen LogP contribution in [0.25, 0.3) is 0 Å². The van der Waals surface area contributed by atoms with Crippen LogP contribution in [0.5, 0.6) is 0 Å². The Hall–Kier alpha value is -1.87. The Morgan fingerprint density at radius 1 is 1.04 bits per heavy atom. The molecule has 4 rings (SSSR count). The first-order valence-electron chi connectivity index (χ1n) is 10.2. The number of benzene rings is 1. The van der Waals surface area contributed by atoms with Gasteiger partial charge in [-0.05, 0) is 49.4 Å². The summed E-state index contributed by atoms with van der Waals surface area (Å²) in [6.45, 7) is 1.73. The second kappa shape index (κ2) is 8.43. The molecule has 1 saturated carbocycles. The molecule has 2 fully saturated rings. The van der Waals surface area contributed by atoms with Gasteiger partial charge in [0.2, 0.25) is 5.91 Å². The van der Waals surface area contributed by atoms with Crippen molar-refractivity contribution in [2.24, 2.45) is 5.92 Å². The summed E-state index contributed by atoms with van der Waals surface area (Å²) in [5.41, 5.74) is 3.26. The second-order valence-electron chi connectivity index (χ2n) is 7.93. The van der Waals surface area contributed by atoms with Gasteiger partial charge in [-0.15, -0.1) is 0 Å². The Morgan fingerprint density at radius 3 is 2.67 bits per heavy atom. The lowest BCUT2D eigenvalue weighted by Gasteiger charge is -2.34. The van der Waals surface area contributed by atoms with Gasteiger partial charge in [-0.2, -0.15) is 0 Å². The number of hydrogen-bond acceptors (Lipinski definition) is 2. The van der Waals surface area contributed by atoms with E-state index >= 15 is 0 Å². The standard InChI is InChI=1S/C23H27ClN2O/c24-21-12-4-3-9-18(21)15-20-11-5-13-22(25-20)19-10-6-14-26(16-19)23(27)17-7-1-2-8-17/h3-5,9,11-13,17,19H,1-2,6-8,10,14-16H2/t19-/m1/s1.